The number of primary sulfonamides is 1. The predicted octanol–water partition coefficient (Wildman–Crippen LogP) is 1.86. The van der Waals surface area contributed by atoms with E-state index in [0.29, 0.717) is 18.1 Å². The molecule has 0 aliphatic heterocycles. The zero-order valence-corrected chi connectivity index (χ0v) is 11.9. The highest BCUT2D eigenvalue weighted by molar-refractivity contribution is 7.89. The molecule has 1 fully saturated rings. The van der Waals surface area contributed by atoms with E-state index in [-0.39, 0.29) is 15.5 Å². The number of benzene rings is 1. The number of sulfonamides is 1. The molecule has 19 heavy (non-hydrogen) atoms. The fourth-order valence-corrected chi connectivity index (χ4v) is 2.43. The van der Waals surface area contributed by atoms with Crippen molar-refractivity contribution in [3.05, 3.63) is 28.3 Å². The Morgan fingerprint density at radius 2 is 2.11 bits per heavy atom. The van der Waals surface area contributed by atoms with E-state index < -0.39 is 16.0 Å². The molecule has 0 bridgehead atoms. The van der Waals surface area contributed by atoms with Gasteiger partial charge in [-0.2, -0.15) is 0 Å². The molecule has 0 aromatic heterocycles. The Labute approximate surface area is 116 Å². The Hall–Kier alpha value is -1.11. The van der Waals surface area contributed by atoms with Crippen molar-refractivity contribution in [2.24, 2.45) is 11.1 Å². The highest BCUT2D eigenvalue weighted by atomic mass is 35.5. The number of nitrogens with two attached hydrogens (primary N) is 1. The lowest BCUT2D eigenvalue weighted by atomic mass is 10.1. The Morgan fingerprint density at radius 3 is 2.63 bits per heavy atom. The molecule has 5 nitrogen and oxygen atoms in total. The Morgan fingerprint density at radius 1 is 1.47 bits per heavy atom. The van der Waals surface area contributed by atoms with Crippen LogP contribution in [0.2, 0.25) is 5.02 Å². The number of halogens is 1. The van der Waals surface area contributed by atoms with Gasteiger partial charge in [0.2, 0.25) is 10.0 Å². The molecule has 0 unspecified atom stereocenters. The van der Waals surface area contributed by atoms with Crippen LogP contribution in [0.5, 0.6) is 0 Å². The molecule has 7 heteroatoms. The number of hydrogen-bond donors (Lipinski definition) is 1. The van der Waals surface area contributed by atoms with Crippen LogP contribution in [-0.4, -0.2) is 21.0 Å². The third-order valence-corrected chi connectivity index (χ3v) is 4.30. The van der Waals surface area contributed by atoms with E-state index in [0.717, 1.165) is 12.8 Å². The number of rotatable bonds is 4. The van der Waals surface area contributed by atoms with E-state index in [1.54, 1.807) is 6.92 Å². The van der Waals surface area contributed by atoms with E-state index in [1.165, 1.54) is 12.1 Å². The van der Waals surface area contributed by atoms with E-state index in [4.69, 9.17) is 21.5 Å². The van der Waals surface area contributed by atoms with Gasteiger partial charge in [0, 0.05) is 5.02 Å². The van der Waals surface area contributed by atoms with Crippen molar-refractivity contribution >= 4 is 27.6 Å². The molecule has 1 aliphatic rings. The third kappa shape index (κ3) is 3.46. The fourth-order valence-electron chi connectivity index (χ4n) is 1.59. The number of carbonyl (C=O) groups is 1. The summed E-state index contributed by atoms with van der Waals surface area (Å²) in [6.45, 7) is 1.98. The normalized spacial score (nSPS) is 15.3. The molecule has 0 atom stereocenters. The van der Waals surface area contributed by atoms with Crippen LogP contribution in [0, 0.1) is 12.8 Å². The quantitative estimate of drug-likeness (QED) is 0.860. The first kappa shape index (κ1) is 14.3. The van der Waals surface area contributed by atoms with Crippen LogP contribution in [0.3, 0.4) is 0 Å². The van der Waals surface area contributed by atoms with Crippen molar-refractivity contribution in [1.82, 2.24) is 0 Å². The van der Waals surface area contributed by atoms with Crippen molar-refractivity contribution in [3.8, 4) is 0 Å². The van der Waals surface area contributed by atoms with Gasteiger partial charge in [-0.15, -0.1) is 0 Å². The van der Waals surface area contributed by atoms with Crippen molar-refractivity contribution in [2.75, 3.05) is 6.61 Å². The number of hydrogen-bond acceptors (Lipinski definition) is 4. The van der Waals surface area contributed by atoms with Crippen molar-refractivity contribution in [3.63, 3.8) is 0 Å². The zero-order valence-electron chi connectivity index (χ0n) is 10.3. The summed E-state index contributed by atoms with van der Waals surface area (Å²) in [5, 5.41) is 5.21. The minimum absolute atomic E-state index is 0.136. The van der Waals surface area contributed by atoms with Crippen molar-refractivity contribution in [2.45, 2.75) is 24.7 Å². The van der Waals surface area contributed by atoms with Gasteiger partial charge in [0.25, 0.3) is 0 Å². The second-order valence-electron chi connectivity index (χ2n) is 4.66. The van der Waals surface area contributed by atoms with Crippen LogP contribution in [0.4, 0.5) is 0 Å². The number of carbonyl (C=O) groups excluding carboxylic acids is 1. The van der Waals surface area contributed by atoms with Gasteiger partial charge in [-0.3, -0.25) is 0 Å². The molecular formula is C12H14ClNO4S. The smallest absolute Gasteiger partial charge is 0.338 e. The molecule has 0 heterocycles. The lowest BCUT2D eigenvalue weighted by Gasteiger charge is -2.10. The summed E-state index contributed by atoms with van der Waals surface area (Å²) >= 11 is 5.92. The van der Waals surface area contributed by atoms with Gasteiger partial charge >= 0.3 is 5.97 Å². The summed E-state index contributed by atoms with van der Waals surface area (Å²) in [4.78, 5) is 11.7. The topological polar surface area (TPSA) is 86.5 Å². The minimum Gasteiger partial charge on any atom is -0.462 e. The average Bonchev–Trinajstić information content (AvgIpc) is 3.11. The summed E-state index contributed by atoms with van der Waals surface area (Å²) in [5.74, 6) is -0.141. The summed E-state index contributed by atoms with van der Waals surface area (Å²) in [7, 11) is -3.91. The van der Waals surface area contributed by atoms with Gasteiger partial charge in [-0.05, 0) is 43.4 Å². The third-order valence-electron chi connectivity index (χ3n) is 3.01. The molecular weight excluding hydrogens is 290 g/mol. The van der Waals surface area contributed by atoms with Gasteiger partial charge in [0.05, 0.1) is 17.1 Å². The molecule has 2 rings (SSSR count). The highest BCUT2D eigenvalue weighted by Crippen LogP contribution is 2.30. The van der Waals surface area contributed by atoms with Crippen molar-refractivity contribution < 1.29 is 17.9 Å². The van der Waals surface area contributed by atoms with Crippen LogP contribution in [-0.2, 0) is 14.8 Å². The average molecular weight is 304 g/mol. The molecule has 0 spiro atoms. The van der Waals surface area contributed by atoms with E-state index >= 15 is 0 Å². The van der Waals surface area contributed by atoms with Crippen LogP contribution in [0.1, 0.15) is 28.8 Å². The van der Waals surface area contributed by atoms with Gasteiger partial charge < -0.3 is 4.74 Å². The Kier molecular flexibility index (Phi) is 3.85. The largest absolute Gasteiger partial charge is 0.462 e. The maximum absolute atomic E-state index is 11.9. The molecule has 1 saturated carbocycles. The number of esters is 1. The fraction of sp³-hybridized carbons (Fsp3) is 0.417. The van der Waals surface area contributed by atoms with Crippen LogP contribution >= 0.6 is 11.6 Å². The summed E-state index contributed by atoms with van der Waals surface area (Å²) in [5.41, 5.74) is 0.618. The zero-order chi connectivity index (χ0) is 14.2. The predicted molar refractivity (Wildman–Crippen MR) is 70.6 cm³/mol. The first-order valence-electron chi connectivity index (χ1n) is 5.79. The summed E-state index contributed by atoms with van der Waals surface area (Å²) in [6.07, 6.45) is 2.12. The van der Waals surface area contributed by atoms with Crippen molar-refractivity contribution in [1.29, 1.82) is 0 Å². The maximum atomic E-state index is 11.9. The van der Waals surface area contributed by atoms with E-state index in [9.17, 15) is 13.2 Å². The molecule has 104 valence electrons. The first-order chi connectivity index (χ1) is 8.79. The second kappa shape index (κ2) is 5.11. The highest BCUT2D eigenvalue weighted by Gasteiger charge is 2.25. The van der Waals surface area contributed by atoms with Crippen LogP contribution in [0.15, 0.2) is 17.0 Å². The van der Waals surface area contributed by atoms with Gasteiger partial charge in [-0.25, -0.2) is 18.4 Å². The lowest BCUT2D eigenvalue weighted by molar-refractivity contribution is 0.0485. The molecule has 0 radical (unpaired) electrons. The van der Waals surface area contributed by atoms with Gasteiger partial charge in [0.1, 0.15) is 0 Å². The standard InChI is InChI=1S/C12H14ClNO4S/c1-7-10(12(15)18-6-8-2-3-8)4-9(5-11(7)13)19(14,16)17/h4-5,8H,2-3,6H2,1H3,(H2,14,16,17). The molecule has 0 amide bonds. The first-order valence-corrected chi connectivity index (χ1v) is 7.71. The minimum atomic E-state index is -3.91. The van der Waals surface area contributed by atoms with Gasteiger partial charge in [0.15, 0.2) is 0 Å². The van der Waals surface area contributed by atoms with E-state index in [1.807, 2.05) is 0 Å². The summed E-state index contributed by atoms with van der Waals surface area (Å²) < 4.78 is 27.8. The van der Waals surface area contributed by atoms with Crippen LogP contribution < -0.4 is 5.14 Å². The Bertz CT molecular complexity index is 623. The summed E-state index contributed by atoms with van der Waals surface area (Å²) in [6, 6.07) is 2.43. The molecule has 1 aromatic rings. The molecule has 2 N–H and O–H groups in total. The SMILES string of the molecule is Cc1c(Cl)cc(S(N)(=O)=O)cc1C(=O)OCC1CC1. The molecule has 1 aliphatic carbocycles. The number of ether oxygens (including phenoxy) is 1. The molecule has 0 saturated heterocycles. The molecule has 1 aromatic carbocycles. The van der Waals surface area contributed by atoms with E-state index in [2.05, 4.69) is 0 Å². The van der Waals surface area contributed by atoms with Gasteiger partial charge in [-0.1, -0.05) is 11.6 Å². The second-order valence-corrected chi connectivity index (χ2v) is 6.63. The van der Waals surface area contributed by atoms with Crippen LogP contribution in [0.25, 0.3) is 0 Å². The maximum Gasteiger partial charge on any atom is 0.338 e. The monoisotopic (exact) mass is 303 g/mol. The Balaban J connectivity index is 2.31. The lowest BCUT2D eigenvalue weighted by Crippen LogP contribution is -2.15.